The number of carbonyl (C=O) groups excluding carboxylic acids is 1. The quantitative estimate of drug-likeness (QED) is 0.669. The van der Waals surface area contributed by atoms with Crippen LogP contribution in [-0.4, -0.2) is 10.8 Å². The van der Waals surface area contributed by atoms with Crippen LogP contribution in [0, 0.1) is 17.0 Å². The highest BCUT2D eigenvalue weighted by atomic mass is 35.5. The molecule has 1 amide bonds. The third kappa shape index (κ3) is 3.51. The molecular formula is C14H10Cl2N2O3. The molecule has 2 aromatic rings. The second kappa shape index (κ2) is 6.11. The van der Waals surface area contributed by atoms with E-state index in [1.165, 1.54) is 18.2 Å². The summed E-state index contributed by atoms with van der Waals surface area (Å²) in [6.07, 6.45) is 0. The average molecular weight is 325 g/mol. The molecule has 0 spiro atoms. The van der Waals surface area contributed by atoms with E-state index in [1.807, 2.05) is 6.92 Å². The highest BCUT2D eigenvalue weighted by Crippen LogP contribution is 2.28. The molecule has 0 aromatic heterocycles. The first-order valence-corrected chi connectivity index (χ1v) is 6.65. The minimum atomic E-state index is -0.614. The lowest BCUT2D eigenvalue weighted by atomic mass is 10.1. The molecular weight excluding hydrogens is 315 g/mol. The number of rotatable bonds is 3. The van der Waals surface area contributed by atoms with E-state index < -0.39 is 10.8 Å². The number of hydrogen-bond donors (Lipinski definition) is 1. The fraction of sp³-hybridized carbons (Fsp3) is 0.0714. The van der Waals surface area contributed by atoms with Gasteiger partial charge in [-0.25, -0.2) is 0 Å². The van der Waals surface area contributed by atoms with Gasteiger partial charge in [-0.3, -0.25) is 14.9 Å². The van der Waals surface area contributed by atoms with Crippen LogP contribution in [0.4, 0.5) is 11.4 Å². The van der Waals surface area contributed by atoms with Gasteiger partial charge in [0.2, 0.25) is 0 Å². The van der Waals surface area contributed by atoms with Crippen LogP contribution in [0.25, 0.3) is 0 Å². The third-order valence-corrected chi connectivity index (χ3v) is 3.40. The van der Waals surface area contributed by atoms with Gasteiger partial charge in [-0.2, -0.15) is 0 Å². The lowest BCUT2D eigenvalue weighted by Gasteiger charge is -2.07. The van der Waals surface area contributed by atoms with Crippen LogP contribution >= 0.6 is 23.2 Å². The normalized spacial score (nSPS) is 10.2. The Bertz CT molecular complexity index is 732. The first-order valence-electron chi connectivity index (χ1n) is 5.90. The van der Waals surface area contributed by atoms with Gasteiger partial charge in [0.05, 0.1) is 15.5 Å². The Balaban J connectivity index is 2.27. The van der Waals surface area contributed by atoms with E-state index in [4.69, 9.17) is 23.2 Å². The first-order chi connectivity index (χ1) is 9.88. The zero-order chi connectivity index (χ0) is 15.6. The molecule has 0 aliphatic heterocycles. The van der Waals surface area contributed by atoms with Crippen molar-refractivity contribution in [1.29, 1.82) is 0 Å². The topological polar surface area (TPSA) is 72.2 Å². The zero-order valence-electron chi connectivity index (χ0n) is 10.9. The first kappa shape index (κ1) is 15.3. The largest absolute Gasteiger partial charge is 0.322 e. The standard InChI is InChI=1S/C14H10Cl2N2O3/c1-8-2-4-10(12(16)6-8)14(19)17-9-3-5-11(15)13(7-9)18(20)21/h2-7H,1H3,(H,17,19). The molecule has 1 N–H and O–H groups in total. The SMILES string of the molecule is Cc1ccc(C(=O)Nc2ccc(Cl)c([N+](=O)[O-])c2)c(Cl)c1. The van der Waals surface area contributed by atoms with E-state index in [0.717, 1.165) is 5.56 Å². The summed E-state index contributed by atoms with van der Waals surface area (Å²) in [6, 6.07) is 9.05. The van der Waals surface area contributed by atoms with E-state index in [-0.39, 0.29) is 16.4 Å². The van der Waals surface area contributed by atoms with Gasteiger partial charge >= 0.3 is 0 Å². The Morgan fingerprint density at radius 3 is 2.48 bits per heavy atom. The van der Waals surface area contributed by atoms with Crippen molar-refractivity contribution < 1.29 is 9.72 Å². The maximum absolute atomic E-state index is 12.1. The lowest BCUT2D eigenvalue weighted by Crippen LogP contribution is -2.12. The van der Waals surface area contributed by atoms with Gasteiger partial charge in [-0.1, -0.05) is 29.3 Å². The minimum Gasteiger partial charge on any atom is -0.322 e. The molecule has 108 valence electrons. The second-order valence-corrected chi connectivity index (χ2v) is 5.18. The molecule has 0 saturated carbocycles. The van der Waals surface area contributed by atoms with Crippen LogP contribution < -0.4 is 5.32 Å². The minimum absolute atomic E-state index is 0.00590. The zero-order valence-corrected chi connectivity index (χ0v) is 12.4. The van der Waals surface area contributed by atoms with Gasteiger partial charge < -0.3 is 5.32 Å². The smallest absolute Gasteiger partial charge is 0.289 e. The number of nitro groups is 1. The van der Waals surface area contributed by atoms with Gasteiger partial charge in [0.1, 0.15) is 5.02 Å². The summed E-state index contributed by atoms with van der Waals surface area (Å²) in [5.41, 5.74) is 1.22. The van der Waals surface area contributed by atoms with Gasteiger partial charge in [-0.15, -0.1) is 0 Å². The Labute approximate surface area is 130 Å². The Hall–Kier alpha value is -2.11. The molecule has 0 radical (unpaired) electrons. The third-order valence-electron chi connectivity index (χ3n) is 2.77. The van der Waals surface area contributed by atoms with Crippen LogP contribution in [0.5, 0.6) is 0 Å². The van der Waals surface area contributed by atoms with Crippen molar-refractivity contribution in [2.24, 2.45) is 0 Å². The molecule has 0 atom stereocenters. The predicted octanol–water partition coefficient (Wildman–Crippen LogP) is 4.46. The van der Waals surface area contributed by atoms with Crippen molar-refractivity contribution >= 4 is 40.5 Å². The summed E-state index contributed by atoms with van der Waals surface area (Å²) in [4.78, 5) is 22.3. The maximum Gasteiger partial charge on any atom is 0.289 e. The summed E-state index contributed by atoms with van der Waals surface area (Å²) in [6.45, 7) is 1.86. The molecule has 0 aliphatic rings. The van der Waals surface area contributed by atoms with Crippen molar-refractivity contribution in [3.63, 3.8) is 0 Å². The number of nitrogens with zero attached hydrogens (tertiary/aromatic N) is 1. The maximum atomic E-state index is 12.1. The van der Waals surface area contributed by atoms with Gasteiger partial charge in [0.25, 0.3) is 11.6 Å². The molecule has 0 bridgehead atoms. The summed E-state index contributed by atoms with van der Waals surface area (Å²) in [5, 5.41) is 13.7. The predicted molar refractivity (Wildman–Crippen MR) is 82.2 cm³/mol. The fourth-order valence-corrected chi connectivity index (χ4v) is 2.24. The summed E-state index contributed by atoms with van der Waals surface area (Å²) in [7, 11) is 0. The summed E-state index contributed by atoms with van der Waals surface area (Å²) in [5.74, 6) is -0.448. The van der Waals surface area contributed by atoms with Crippen LogP contribution in [0.1, 0.15) is 15.9 Å². The van der Waals surface area contributed by atoms with Gasteiger partial charge in [0, 0.05) is 11.8 Å². The molecule has 0 unspecified atom stereocenters. The molecule has 5 nitrogen and oxygen atoms in total. The van der Waals surface area contributed by atoms with E-state index in [2.05, 4.69) is 5.32 Å². The molecule has 0 saturated heterocycles. The van der Waals surface area contributed by atoms with Gasteiger partial charge in [0.15, 0.2) is 0 Å². The number of halogens is 2. The number of nitro benzene ring substituents is 1. The number of benzene rings is 2. The van der Waals surface area contributed by atoms with Crippen LogP contribution in [-0.2, 0) is 0 Å². The van der Waals surface area contributed by atoms with Crippen molar-refractivity contribution in [1.82, 2.24) is 0 Å². The van der Waals surface area contributed by atoms with E-state index in [1.54, 1.807) is 18.2 Å². The Morgan fingerprint density at radius 1 is 1.14 bits per heavy atom. The summed E-state index contributed by atoms with van der Waals surface area (Å²) < 4.78 is 0. The van der Waals surface area contributed by atoms with E-state index >= 15 is 0 Å². The molecule has 2 aromatic carbocycles. The van der Waals surface area contributed by atoms with Crippen LogP contribution in [0.3, 0.4) is 0 Å². The molecule has 0 fully saturated rings. The Morgan fingerprint density at radius 2 is 1.86 bits per heavy atom. The Kier molecular flexibility index (Phi) is 4.45. The number of anilines is 1. The number of hydrogen-bond acceptors (Lipinski definition) is 3. The highest BCUT2D eigenvalue weighted by molar-refractivity contribution is 6.34. The lowest BCUT2D eigenvalue weighted by molar-refractivity contribution is -0.384. The molecule has 0 aliphatic carbocycles. The van der Waals surface area contributed by atoms with Crippen LogP contribution in [0.15, 0.2) is 36.4 Å². The molecule has 7 heteroatoms. The van der Waals surface area contributed by atoms with Crippen LogP contribution in [0.2, 0.25) is 10.0 Å². The monoisotopic (exact) mass is 324 g/mol. The fourth-order valence-electron chi connectivity index (χ4n) is 1.73. The highest BCUT2D eigenvalue weighted by Gasteiger charge is 2.15. The number of amides is 1. The van der Waals surface area contributed by atoms with Gasteiger partial charge in [-0.05, 0) is 36.8 Å². The molecule has 21 heavy (non-hydrogen) atoms. The molecule has 2 rings (SSSR count). The summed E-state index contributed by atoms with van der Waals surface area (Å²) >= 11 is 11.7. The van der Waals surface area contributed by atoms with Crippen molar-refractivity contribution in [2.45, 2.75) is 6.92 Å². The number of carbonyl (C=O) groups is 1. The van der Waals surface area contributed by atoms with E-state index in [0.29, 0.717) is 10.6 Å². The number of nitrogens with one attached hydrogen (secondary N) is 1. The van der Waals surface area contributed by atoms with Crippen molar-refractivity contribution in [3.8, 4) is 0 Å². The van der Waals surface area contributed by atoms with E-state index in [9.17, 15) is 14.9 Å². The second-order valence-electron chi connectivity index (χ2n) is 4.36. The van der Waals surface area contributed by atoms with Crippen molar-refractivity contribution in [2.75, 3.05) is 5.32 Å². The molecule has 0 heterocycles. The van der Waals surface area contributed by atoms with Crippen molar-refractivity contribution in [3.05, 3.63) is 67.7 Å². The average Bonchev–Trinajstić information content (AvgIpc) is 2.40. The number of aryl methyl sites for hydroxylation is 1.